The second-order valence-electron chi connectivity index (χ2n) is 7.08. The predicted molar refractivity (Wildman–Crippen MR) is 115 cm³/mol. The lowest BCUT2D eigenvalue weighted by Crippen LogP contribution is -2.26. The van der Waals surface area contributed by atoms with Crippen LogP contribution in [0.1, 0.15) is 18.3 Å². The summed E-state index contributed by atoms with van der Waals surface area (Å²) in [5, 5.41) is 10.3. The highest BCUT2D eigenvalue weighted by Gasteiger charge is 2.20. The topological polar surface area (TPSA) is 108 Å². The van der Waals surface area contributed by atoms with Gasteiger partial charge in [0.25, 0.3) is 0 Å². The summed E-state index contributed by atoms with van der Waals surface area (Å²) in [5.41, 5.74) is 3.76. The molecule has 0 atom stereocenters. The van der Waals surface area contributed by atoms with Crippen LogP contribution in [0.2, 0.25) is 0 Å². The lowest BCUT2D eigenvalue weighted by atomic mass is 10.1. The molecule has 30 heavy (non-hydrogen) atoms. The fourth-order valence-electron chi connectivity index (χ4n) is 3.11. The number of benzene rings is 1. The van der Waals surface area contributed by atoms with Crippen molar-refractivity contribution in [2.75, 3.05) is 18.9 Å². The Hall–Kier alpha value is -3.24. The summed E-state index contributed by atoms with van der Waals surface area (Å²) < 4.78 is 28.6. The molecule has 0 fully saturated rings. The summed E-state index contributed by atoms with van der Waals surface area (Å²) in [6, 6.07) is 10.5. The third-order valence-corrected chi connectivity index (χ3v) is 6.73. The fraction of sp³-hybridized carbons (Fsp3) is 0.250. The van der Waals surface area contributed by atoms with Crippen LogP contribution in [-0.4, -0.2) is 50.9 Å². The number of imidazole rings is 1. The highest BCUT2D eigenvalue weighted by atomic mass is 32.2. The Labute approximate surface area is 174 Å². The van der Waals surface area contributed by atoms with E-state index in [-0.39, 0.29) is 4.90 Å². The zero-order valence-corrected chi connectivity index (χ0v) is 18.0. The van der Waals surface area contributed by atoms with E-state index in [0.29, 0.717) is 35.2 Å². The first-order valence-corrected chi connectivity index (χ1v) is 10.9. The summed E-state index contributed by atoms with van der Waals surface area (Å²) in [4.78, 5) is 9.50. The molecule has 0 aliphatic carbocycles. The summed E-state index contributed by atoms with van der Waals surface area (Å²) in [7, 11) is -2.00. The molecule has 0 aliphatic heterocycles. The minimum atomic E-state index is -3.56. The molecule has 0 saturated heterocycles. The maximum absolute atomic E-state index is 12.7. The van der Waals surface area contributed by atoms with Crippen LogP contribution in [0.5, 0.6) is 0 Å². The molecule has 2 N–H and O–H groups in total. The maximum Gasteiger partial charge on any atom is 0.242 e. The first kappa shape index (κ1) is 20.0. The number of aryl methyl sites for hydroxylation is 2. The number of nitrogens with one attached hydrogen (secondary N) is 2. The van der Waals surface area contributed by atoms with Crippen molar-refractivity contribution in [1.82, 2.24) is 28.9 Å². The minimum absolute atomic E-state index is 0.225. The SMILES string of the molecule is CCN(C)S(=O)(=O)c1cccc(-c2cc3nc(C)cn3c(Nc3cc(C)[nH]n3)n2)c1. The number of anilines is 2. The molecule has 4 aromatic rings. The van der Waals surface area contributed by atoms with E-state index in [1.807, 2.05) is 42.6 Å². The third-order valence-electron chi connectivity index (χ3n) is 4.80. The van der Waals surface area contributed by atoms with Crippen molar-refractivity contribution in [3.63, 3.8) is 0 Å². The molecule has 9 nitrogen and oxygen atoms in total. The molecule has 156 valence electrons. The van der Waals surface area contributed by atoms with Gasteiger partial charge in [0.1, 0.15) is 5.65 Å². The molecule has 0 saturated carbocycles. The number of hydrogen-bond acceptors (Lipinski definition) is 6. The normalized spacial score (nSPS) is 12.0. The van der Waals surface area contributed by atoms with Crippen LogP contribution in [0.25, 0.3) is 16.9 Å². The zero-order valence-electron chi connectivity index (χ0n) is 17.2. The number of fused-ring (bicyclic) bond motifs is 1. The average molecular weight is 426 g/mol. The molecule has 0 aliphatic rings. The summed E-state index contributed by atoms with van der Waals surface area (Å²) >= 11 is 0. The van der Waals surface area contributed by atoms with Crippen LogP contribution >= 0.6 is 0 Å². The highest BCUT2D eigenvalue weighted by Crippen LogP contribution is 2.26. The van der Waals surface area contributed by atoms with Gasteiger partial charge in [-0.1, -0.05) is 19.1 Å². The van der Waals surface area contributed by atoms with Gasteiger partial charge in [0.15, 0.2) is 5.82 Å². The Morgan fingerprint density at radius 2 is 1.97 bits per heavy atom. The molecule has 4 rings (SSSR count). The Balaban J connectivity index is 1.83. The van der Waals surface area contributed by atoms with Crippen LogP contribution in [0, 0.1) is 13.8 Å². The van der Waals surface area contributed by atoms with Gasteiger partial charge in [0.2, 0.25) is 16.0 Å². The molecule has 0 spiro atoms. The standard InChI is InChI=1S/C20H23N7O2S/c1-5-26(4)30(28,29)16-8-6-7-15(10-16)17-11-19-21-14(3)12-27(19)20(22-17)23-18-9-13(2)24-25-18/h6-12H,5H2,1-4H3,(H2,22,23,24,25). The van der Waals surface area contributed by atoms with Crippen molar-refractivity contribution in [1.29, 1.82) is 0 Å². The van der Waals surface area contributed by atoms with Gasteiger partial charge < -0.3 is 5.32 Å². The molecular weight excluding hydrogens is 402 g/mol. The maximum atomic E-state index is 12.7. The van der Waals surface area contributed by atoms with Crippen molar-refractivity contribution in [3.05, 3.63) is 54.0 Å². The van der Waals surface area contributed by atoms with Crippen LogP contribution in [0.3, 0.4) is 0 Å². The average Bonchev–Trinajstić information content (AvgIpc) is 3.31. The van der Waals surface area contributed by atoms with Gasteiger partial charge in [-0.15, -0.1) is 0 Å². The van der Waals surface area contributed by atoms with Gasteiger partial charge >= 0.3 is 0 Å². The number of H-pyrrole nitrogens is 1. The predicted octanol–water partition coefficient (Wildman–Crippen LogP) is 3.12. The van der Waals surface area contributed by atoms with Crippen molar-refractivity contribution in [2.45, 2.75) is 25.7 Å². The minimum Gasteiger partial charge on any atom is -0.308 e. The quantitative estimate of drug-likeness (QED) is 0.491. The van der Waals surface area contributed by atoms with E-state index < -0.39 is 10.0 Å². The summed E-state index contributed by atoms with van der Waals surface area (Å²) in [6.45, 7) is 6.01. The number of aromatic amines is 1. The van der Waals surface area contributed by atoms with Crippen LogP contribution in [0.15, 0.2) is 47.5 Å². The summed E-state index contributed by atoms with van der Waals surface area (Å²) in [5.74, 6) is 1.17. The number of aromatic nitrogens is 5. The fourth-order valence-corrected chi connectivity index (χ4v) is 4.34. The molecule has 3 heterocycles. The number of sulfonamides is 1. The Morgan fingerprint density at radius 1 is 1.17 bits per heavy atom. The van der Waals surface area contributed by atoms with Crippen LogP contribution in [-0.2, 0) is 10.0 Å². The molecular formula is C20H23N7O2S. The van der Waals surface area contributed by atoms with E-state index in [1.165, 1.54) is 4.31 Å². The van der Waals surface area contributed by atoms with Crippen molar-refractivity contribution < 1.29 is 8.42 Å². The lowest BCUT2D eigenvalue weighted by Gasteiger charge is -2.15. The van der Waals surface area contributed by atoms with E-state index in [1.54, 1.807) is 32.2 Å². The first-order chi connectivity index (χ1) is 14.3. The molecule has 0 radical (unpaired) electrons. The number of nitrogens with zero attached hydrogens (tertiary/aromatic N) is 5. The number of rotatable bonds is 6. The Bertz CT molecular complexity index is 1320. The Morgan fingerprint density at radius 3 is 2.67 bits per heavy atom. The van der Waals surface area contributed by atoms with E-state index in [2.05, 4.69) is 20.5 Å². The number of hydrogen-bond donors (Lipinski definition) is 2. The molecule has 0 unspecified atom stereocenters. The molecule has 10 heteroatoms. The van der Waals surface area contributed by atoms with Gasteiger partial charge in [0, 0.05) is 43.2 Å². The van der Waals surface area contributed by atoms with E-state index in [4.69, 9.17) is 4.98 Å². The van der Waals surface area contributed by atoms with Crippen molar-refractivity contribution in [2.24, 2.45) is 0 Å². The zero-order chi connectivity index (χ0) is 21.5. The molecule has 0 amide bonds. The molecule has 1 aromatic carbocycles. The second kappa shape index (κ2) is 7.54. The Kier molecular flexibility index (Phi) is 5.04. The van der Waals surface area contributed by atoms with Crippen molar-refractivity contribution >= 4 is 27.4 Å². The lowest BCUT2D eigenvalue weighted by molar-refractivity contribution is 0.486. The van der Waals surface area contributed by atoms with Crippen molar-refractivity contribution in [3.8, 4) is 11.3 Å². The van der Waals surface area contributed by atoms with Gasteiger partial charge in [-0.25, -0.2) is 22.7 Å². The smallest absolute Gasteiger partial charge is 0.242 e. The third kappa shape index (κ3) is 3.66. The van der Waals surface area contributed by atoms with Gasteiger partial charge in [0.05, 0.1) is 16.3 Å². The molecule has 0 bridgehead atoms. The summed E-state index contributed by atoms with van der Waals surface area (Å²) in [6.07, 6.45) is 1.88. The second-order valence-corrected chi connectivity index (χ2v) is 9.13. The van der Waals surface area contributed by atoms with Gasteiger partial charge in [-0.05, 0) is 26.0 Å². The van der Waals surface area contributed by atoms with Gasteiger partial charge in [-0.2, -0.15) is 5.10 Å². The van der Waals surface area contributed by atoms with E-state index >= 15 is 0 Å². The van der Waals surface area contributed by atoms with E-state index in [0.717, 1.165) is 11.4 Å². The van der Waals surface area contributed by atoms with Crippen LogP contribution < -0.4 is 5.32 Å². The monoisotopic (exact) mass is 425 g/mol. The van der Waals surface area contributed by atoms with Crippen LogP contribution in [0.4, 0.5) is 11.8 Å². The molecule has 3 aromatic heterocycles. The first-order valence-electron chi connectivity index (χ1n) is 9.50. The largest absolute Gasteiger partial charge is 0.308 e. The van der Waals surface area contributed by atoms with E-state index in [9.17, 15) is 8.42 Å². The highest BCUT2D eigenvalue weighted by molar-refractivity contribution is 7.89. The van der Waals surface area contributed by atoms with Gasteiger partial charge in [-0.3, -0.25) is 9.50 Å².